The molecule has 0 radical (unpaired) electrons. The highest BCUT2D eigenvalue weighted by molar-refractivity contribution is 4.89. The van der Waals surface area contributed by atoms with Gasteiger partial charge in [0.05, 0.1) is 6.07 Å². The Bertz CT molecular complexity index is 178. The minimum atomic E-state index is 0.385. The Morgan fingerprint density at radius 1 is 0.833 bits per heavy atom. The Labute approximate surface area is 74.8 Å². The molecule has 0 spiro atoms. The lowest BCUT2D eigenvalue weighted by Crippen LogP contribution is -2.04. The fraction of sp³-hybridized carbons (Fsp3) is 0.909. The zero-order chi connectivity index (χ0) is 8.39. The first-order valence-corrected chi connectivity index (χ1v) is 5.30. The molecule has 1 heteroatoms. The van der Waals surface area contributed by atoms with E-state index in [0.29, 0.717) is 5.92 Å². The van der Waals surface area contributed by atoms with E-state index in [-0.39, 0.29) is 0 Å². The van der Waals surface area contributed by atoms with Crippen LogP contribution in [0.5, 0.6) is 0 Å². The van der Waals surface area contributed by atoms with E-state index in [2.05, 4.69) is 6.07 Å². The van der Waals surface area contributed by atoms with Crippen LogP contribution in [0, 0.1) is 29.1 Å². The molecule has 0 N–H and O–H groups in total. The number of hydrogen-bond donors (Lipinski definition) is 0. The van der Waals surface area contributed by atoms with Crippen LogP contribution in [0.4, 0.5) is 0 Å². The van der Waals surface area contributed by atoms with Gasteiger partial charge in [-0.15, -0.1) is 0 Å². The summed E-state index contributed by atoms with van der Waals surface area (Å²) in [6, 6.07) is 2.43. The summed E-state index contributed by atoms with van der Waals surface area (Å²) < 4.78 is 0. The highest BCUT2D eigenvalue weighted by Crippen LogP contribution is 2.42. The molecule has 2 aliphatic rings. The van der Waals surface area contributed by atoms with E-state index in [1.54, 1.807) is 0 Å². The van der Waals surface area contributed by atoms with Crippen molar-refractivity contribution in [2.75, 3.05) is 0 Å². The minimum Gasteiger partial charge on any atom is -0.198 e. The zero-order valence-electron chi connectivity index (χ0n) is 7.63. The summed E-state index contributed by atoms with van der Waals surface area (Å²) in [6.45, 7) is 0. The SMILES string of the molecule is N#CC1CCC2CCCC2CC1. The fourth-order valence-corrected chi connectivity index (χ4v) is 2.98. The Kier molecular flexibility index (Phi) is 2.35. The summed E-state index contributed by atoms with van der Waals surface area (Å²) in [6.07, 6.45) is 9.37. The van der Waals surface area contributed by atoms with Gasteiger partial charge in [-0.05, 0) is 37.5 Å². The second-order valence-electron chi connectivity index (χ2n) is 4.43. The largest absolute Gasteiger partial charge is 0.198 e. The Hall–Kier alpha value is -0.510. The zero-order valence-corrected chi connectivity index (χ0v) is 7.63. The smallest absolute Gasteiger partial charge is 0.0655 e. The summed E-state index contributed by atoms with van der Waals surface area (Å²) in [5.41, 5.74) is 0. The van der Waals surface area contributed by atoms with Gasteiger partial charge in [0.1, 0.15) is 0 Å². The van der Waals surface area contributed by atoms with E-state index in [0.717, 1.165) is 11.8 Å². The molecule has 2 fully saturated rings. The molecular formula is C11H17N. The van der Waals surface area contributed by atoms with Crippen LogP contribution in [-0.2, 0) is 0 Å². The molecule has 0 aromatic heterocycles. The lowest BCUT2D eigenvalue weighted by Gasteiger charge is -2.14. The van der Waals surface area contributed by atoms with E-state index in [9.17, 15) is 0 Å². The van der Waals surface area contributed by atoms with Crippen molar-refractivity contribution in [1.29, 1.82) is 5.26 Å². The van der Waals surface area contributed by atoms with Crippen molar-refractivity contribution in [3.8, 4) is 6.07 Å². The first-order chi connectivity index (χ1) is 5.90. The average Bonchev–Trinajstić information content (AvgIpc) is 2.46. The molecule has 0 aromatic rings. The van der Waals surface area contributed by atoms with Crippen molar-refractivity contribution in [2.45, 2.75) is 44.9 Å². The van der Waals surface area contributed by atoms with E-state index < -0.39 is 0 Å². The standard InChI is InChI=1S/C11H17N/c12-8-9-4-6-10-2-1-3-11(10)7-5-9/h9-11H,1-7H2. The monoisotopic (exact) mass is 163 g/mol. The Balaban J connectivity index is 1.96. The number of hydrogen-bond acceptors (Lipinski definition) is 1. The third-order valence-corrected chi connectivity index (χ3v) is 3.77. The van der Waals surface area contributed by atoms with Gasteiger partial charge in [0, 0.05) is 5.92 Å². The van der Waals surface area contributed by atoms with Crippen molar-refractivity contribution in [3.63, 3.8) is 0 Å². The average molecular weight is 163 g/mol. The van der Waals surface area contributed by atoms with Gasteiger partial charge in [-0.25, -0.2) is 0 Å². The maximum Gasteiger partial charge on any atom is 0.0655 e. The normalized spacial score (nSPS) is 41.4. The van der Waals surface area contributed by atoms with Crippen LogP contribution in [0.15, 0.2) is 0 Å². The minimum absolute atomic E-state index is 0.385. The van der Waals surface area contributed by atoms with Crippen molar-refractivity contribution in [2.24, 2.45) is 17.8 Å². The van der Waals surface area contributed by atoms with Gasteiger partial charge in [-0.2, -0.15) is 5.26 Å². The molecule has 12 heavy (non-hydrogen) atoms. The van der Waals surface area contributed by atoms with Crippen molar-refractivity contribution >= 4 is 0 Å². The lowest BCUT2D eigenvalue weighted by molar-refractivity contribution is 0.367. The van der Waals surface area contributed by atoms with Crippen molar-refractivity contribution in [1.82, 2.24) is 0 Å². The van der Waals surface area contributed by atoms with Crippen LogP contribution in [0.25, 0.3) is 0 Å². The predicted octanol–water partition coefficient (Wildman–Crippen LogP) is 3.12. The number of nitrogens with zero attached hydrogens (tertiary/aromatic N) is 1. The molecule has 2 saturated carbocycles. The van der Waals surface area contributed by atoms with Crippen LogP contribution < -0.4 is 0 Å². The first-order valence-electron chi connectivity index (χ1n) is 5.30. The molecule has 2 unspecified atom stereocenters. The molecule has 0 aliphatic heterocycles. The highest BCUT2D eigenvalue weighted by Gasteiger charge is 2.30. The third-order valence-electron chi connectivity index (χ3n) is 3.77. The van der Waals surface area contributed by atoms with Gasteiger partial charge in [0.2, 0.25) is 0 Å². The first kappa shape index (κ1) is 8.10. The van der Waals surface area contributed by atoms with Crippen LogP contribution in [0.1, 0.15) is 44.9 Å². The Morgan fingerprint density at radius 3 is 1.92 bits per heavy atom. The highest BCUT2D eigenvalue weighted by atomic mass is 14.4. The summed E-state index contributed by atoms with van der Waals surface area (Å²) in [5, 5.41) is 8.83. The van der Waals surface area contributed by atoms with Crippen LogP contribution >= 0.6 is 0 Å². The number of nitriles is 1. The second-order valence-corrected chi connectivity index (χ2v) is 4.43. The molecule has 0 heterocycles. The molecule has 0 aromatic carbocycles. The van der Waals surface area contributed by atoms with Crippen molar-refractivity contribution < 1.29 is 0 Å². The molecule has 1 nitrogen and oxygen atoms in total. The van der Waals surface area contributed by atoms with Crippen LogP contribution in [0.3, 0.4) is 0 Å². The molecule has 2 aliphatic carbocycles. The van der Waals surface area contributed by atoms with Gasteiger partial charge in [-0.3, -0.25) is 0 Å². The fourth-order valence-electron chi connectivity index (χ4n) is 2.98. The summed E-state index contributed by atoms with van der Waals surface area (Å²) in [5.74, 6) is 2.36. The van der Waals surface area contributed by atoms with Gasteiger partial charge in [0.25, 0.3) is 0 Å². The maximum atomic E-state index is 8.83. The number of fused-ring (bicyclic) bond motifs is 1. The van der Waals surface area contributed by atoms with Crippen LogP contribution in [0.2, 0.25) is 0 Å². The number of rotatable bonds is 0. The quantitative estimate of drug-likeness (QED) is 0.538. The molecular weight excluding hydrogens is 146 g/mol. The van der Waals surface area contributed by atoms with E-state index in [1.165, 1.54) is 44.9 Å². The van der Waals surface area contributed by atoms with E-state index in [4.69, 9.17) is 5.26 Å². The second kappa shape index (κ2) is 3.47. The predicted molar refractivity (Wildman–Crippen MR) is 48.4 cm³/mol. The van der Waals surface area contributed by atoms with Gasteiger partial charge in [-0.1, -0.05) is 19.3 Å². The topological polar surface area (TPSA) is 23.8 Å². The molecule has 0 amide bonds. The van der Waals surface area contributed by atoms with Gasteiger partial charge < -0.3 is 0 Å². The summed E-state index contributed by atoms with van der Waals surface area (Å²) >= 11 is 0. The summed E-state index contributed by atoms with van der Waals surface area (Å²) in [4.78, 5) is 0. The van der Waals surface area contributed by atoms with Gasteiger partial charge >= 0.3 is 0 Å². The summed E-state index contributed by atoms with van der Waals surface area (Å²) in [7, 11) is 0. The molecule has 0 bridgehead atoms. The molecule has 66 valence electrons. The molecule has 2 atom stereocenters. The van der Waals surface area contributed by atoms with E-state index in [1.807, 2.05) is 0 Å². The van der Waals surface area contributed by atoms with Gasteiger partial charge in [0.15, 0.2) is 0 Å². The Morgan fingerprint density at radius 2 is 1.42 bits per heavy atom. The van der Waals surface area contributed by atoms with E-state index >= 15 is 0 Å². The lowest BCUT2D eigenvalue weighted by atomic mass is 9.92. The third kappa shape index (κ3) is 1.48. The molecule has 2 rings (SSSR count). The molecule has 0 saturated heterocycles. The maximum absolute atomic E-state index is 8.83. The van der Waals surface area contributed by atoms with Crippen molar-refractivity contribution in [3.05, 3.63) is 0 Å². The van der Waals surface area contributed by atoms with Crippen LogP contribution in [-0.4, -0.2) is 0 Å².